The molecule has 168 valence electrons. The van der Waals surface area contributed by atoms with Gasteiger partial charge in [-0.15, -0.1) is 0 Å². The highest BCUT2D eigenvalue weighted by molar-refractivity contribution is 6.46. The van der Waals surface area contributed by atoms with E-state index in [1.165, 1.54) is 24.3 Å². The second-order valence-electron chi connectivity index (χ2n) is 8.22. The van der Waals surface area contributed by atoms with Crippen molar-refractivity contribution in [2.75, 3.05) is 39.4 Å². The summed E-state index contributed by atoms with van der Waals surface area (Å²) in [6, 6.07) is 12.1. The van der Waals surface area contributed by atoms with Gasteiger partial charge in [-0.1, -0.05) is 29.8 Å². The number of benzene rings is 2. The Labute approximate surface area is 186 Å². The molecule has 2 saturated heterocycles. The highest BCUT2D eigenvalue weighted by atomic mass is 19.1. The van der Waals surface area contributed by atoms with Crippen LogP contribution in [0.4, 0.5) is 4.39 Å². The number of hydrogen-bond donors (Lipinski definition) is 1. The van der Waals surface area contributed by atoms with E-state index in [4.69, 9.17) is 4.74 Å². The Morgan fingerprint density at radius 1 is 1.03 bits per heavy atom. The maximum atomic E-state index is 13.4. The molecule has 2 aromatic rings. The summed E-state index contributed by atoms with van der Waals surface area (Å²) in [4.78, 5) is 29.8. The normalized spacial score (nSPS) is 21.3. The number of likely N-dealkylation sites (tertiary alicyclic amines) is 1. The summed E-state index contributed by atoms with van der Waals surface area (Å²) < 4.78 is 18.7. The average molecular weight is 438 g/mol. The van der Waals surface area contributed by atoms with Gasteiger partial charge in [-0.05, 0) is 43.2 Å². The fourth-order valence-electron chi connectivity index (χ4n) is 4.26. The van der Waals surface area contributed by atoms with Crippen LogP contribution < -0.4 is 0 Å². The van der Waals surface area contributed by atoms with Crippen LogP contribution in [0.15, 0.2) is 54.1 Å². The van der Waals surface area contributed by atoms with Gasteiger partial charge in [0.2, 0.25) is 0 Å². The van der Waals surface area contributed by atoms with Gasteiger partial charge in [0.15, 0.2) is 0 Å². The lowest BCUT2D eigenvalue weighted by Gasteiger charge is -2.29. The van der Waals surface area contributed by atoms with E-state index in [9.17, 15) is 19.1 Å². The van der Waals surface area contributed by atoms with Crippen molar-refractivity contribution in [2.45, 2.75) is 19.4 Å². The minimum Gasteiger partial charge on any atom is -0.507 e. The van der Waals surface area contributed by atoms with Crippen molar-refractivity contribution < 1.29 is 23.8 Å². The molecule has 6 nitrogen and oxygen atoms in total. The fraction of sp³-hybridized carbons (Fsp3) is 0.360. The van der Waals surface area contributed by atoms with Crippen LogP contribution in [-0.2, 0) is 14.3 Å². The van der Waals surface area contributed by atoms with E-state index < -0.39 is 23.5 Å². The summed E-state index contributed by atoms with van der Waals surface area (Å²) in [6.45, 7) is 6.25. The van der Waals surface area contributed by atoms with Gasteiger partial charge in [-0.2, -0.15) is 0 Å². The van der Waals surface area contributed by atoms with Gasteiger partial charge in [-0.3, -0.25) is 14.5 Å². The summed E-state index contributed by atoms with van der Waals surface area (Å²) >= 11 is 0. The van der Waals surface area contributed by atoms with Crippen molar-refractivity contribution in [3.05, 3.63) is 76.6 Å². The summed E-state index contributed by atoms with van der Waals surface area (Å²) in [5.41, 5.74) is 2.15. The summed E-state index contributed by atoms with van der Waals surface area (Å²) in [5.74, 6) is -2.07. The first kappa shape index (κ1) is 22.2. The number of amides is 1. The molecule has 32 heavy (non-hydrogen) atoms. The quantitative estimate of drug-likeness (QED) is 0.426. The van der Waals surface area contributed by atoms with Crippen molar-refractivity contribution in [2.24, 2.45) is 0 Å². The number of hydrogen-bond acceptors (Lipinski definition) is 5. The number of nitrogens with zero attached hydrogens (tertiary/aromatic N) is 2. The van der Waals surface area contributed by atoms with E-state index in [2.05, 4.69) is 4.90 Å². The first-order chi connectivity index (χ1) is 15.5. The Hall–Kier alpha value is -3.03. The van der Waals surface area contributed by atoms with Gasteiger partial charge in [0, 0.05) is 31.7 Å². The molecule has 2 aliphatic heterocycles. The number of ketones is 1. The number of carbonyl (C=O) groups excluding carboxylic acids is 2. The third kappa shape index (κ3) is 4.59. The standard InChI is InChI=1S/C25H27FN2O4/c1-17-3-5-18(6-4-17)22-21(23(29)19-7-9-20(26)10-8-19)24(30)25(31)28(22)12-2-11-27-13-15-32-16-14-27/h3-10,22,29H,2,11-16H2,1H3/b23-21+/t22-/m0/s1. The second-order valence-corrected chi connectivity index (χ2v) is 8.22. The van der Waals surface area contributed by atoms with Gasteiger partial charge in [0.25, 0.3) is 11.7 Å². The number of carbonyl (C=O) groups is 2. The molecular weight excluding hydrogens is 411 g/mol. The smallest absolute Gasteiger partial charge is 0.295 e. The van der Waals surface area contributed by atoms with Crippen molar-refractivity contribution in [3.8, 4) is 0 Å². The fourth-order valence-corrected chi connectivity index (χ4v) is 4.26. The molecule has 4 rings (SSSR count). The summed E-state index contributed by atoms with van der Waals surface area (Å²) in [7, 11) is 0. The number of morpholine rings is 1. The second kappa shape index (κ2) is 9.63. The molecule has 0 bridgehead atoms. The summed E-state index contributed by atoms with van der Waals surface area (Å²) in [5, 5.41) is 11.0. The van der Waals surface area contributed by atoms with E-state index in [0.717, 1.165) is 30.8 Å². The van der Waals surface area contributed by atoms with Crippen molar-refractivity contribution in [3.63, 3.8) is 0 Å². The monoisotopic (exact) mass is 438 g/mol. The van der Waals surface area contributed by atoms with Gasteiger partial charge in [0.05, 0.1) is 24.8 Å². The lowest BCUT2D eigenvalue weighted by Crippen LogP contribution is -2.38. The van der Waals surface area contributed by atoms with E-state index in [1.54, 1.807) is 4.90 Å². The predicted molar refractivity (Wildman–Crippen MR) is 118 cm³/mol. The number of aryl methyl sites for hydroxylation is 1. The van der Waals surface area contributed by atoms with Crippen LogP contribution in [0.5, 0.6) is 0 Å². The molecular formula is C25H27FN2O4. The van der Waals surface area contributed by atoms with E-state index >= 15 is 0 Å². The average Bonchev–Trinajstić information content (AvgIpc) is 3.05. The zero-order valence-electron chi connectivity index (χ0n) is 18.1. The van der Waals surface area contributed by atoms with Crippen LogP contribution in [0.25, 0.3) is 5.76 Å². The Bertz CT molecular complexity index is 1010. The number of rotatable bonds is 6. The van der Waals surface area contributed by atoms with Gasteiger partial charge >= 0.3 is 0 Å². The number of aliphatic hydroxyl groups excluding tert-OH is 1. The lowest BCUT2D eigenvalue weighted by atomic mass is 9.94. The molecule has 2 aromatic carbocycles. The Kier molecular flexibility index (Phi) is 6.67. The Morgan fingerprint density at radius 3 is 2.34 bits per heavy atom. The van der Waals surface area contributed by atoms with E-state index in [0.29, 0.717) is 31.7 Å². The zero-order chi connectivity index (χ0) is 22.7. The van der Waals surface area contributed by atoms with Gasteiger partial charge in [0.1, 0.15) is 11.6 Å². The third-order valence-electron chi connectivity index (χ3n) is 6.03. The van der Waals surface area contributed by atoms with E-state index in [-0.39, 0.29) is 11.3 Å². The molecule has 0 radical (unpaired) electrons. The number of ether oxygens (including phenoxy) is 1. The maximum Gasteiger partial charge on any atom is 0.295 e. The highest BCUT2D eigenvalue weighted by Gasteiger charge is 2.45. The molecule has 2 fully saturated rings. The molecule has 1 atom stereocenters. The minimum absolute atomic E-state index is 0.0387. The molecule has 1 N–H and O–H groups in total. The first-order valence-electron chi connectivity index (χ1n) is 10.9. The van der Waals surface area contributed by atoms with Crippen molar-refractivity contribution in [1.82, 2.24) is 9.80 Å². The van der Waals surface area contributed by atoms with Gasteiger partial charge in [-0.25, -0.2) is 4.39 Å². The zero-order valence-corrected chi connectivity index (χ0v) is 18.1. The van der Waals surface area contributed by atoms with Crippen molar-refractivity contribution >= 4 is 17.4 Å². The molecule has 1 amide bonds. The van der Waals surface area contributed by atoms with Crippen LogP contribution in [-0.4, -0.2) is 66.0 Å². The maximum absolute atomic E-state index is 13.4. The first-order valence-corrected chi connectivity index (χ1v) is 10.9. The Morgan fingerprint density at radius 2 is 1.69 bits per heavy atom. The van der Waals surface area contributed by atoms with E-state index in [1.807, 2.05) is 31.2 Å². The molecule has 7 heteroatoms. The molecule has 0 aliphatic carbocycles. The summed E-state index contributed by atoms with van der Waals surface area (Å²) in [6.07, 6.45) is 0.700. The highest BCUT2D eigenvalue weighted by Crippen LogP contribution is 2.39. The van der Waals surface area contributed by atoms with Crippen molar-refractivity contribution in [1.29, 1.82) is 0 Å². The predicted octanol–water partition coefficient (Wildman–Crippen LogP) is 3.28. The molecule has 0 spiro atoms. The number of Topliss-reactive ketones (excluding diaryl/α,β-unsaturated/α-hetero) is 1. The lowest BCUT2D eigenvalue weighted by molar-refractivity contribution is -0.140. The number of halogens is 1. The van der Waals surface area contributed by atoms with Crippen LogP contribution >= 0.6 is 0 Å². The molecule has 2 heterocycles. The SMILES string of the molecule is Cc1ccc([C@H]2/C(=C(\O)c3ccc(F)cc3)C(=O)C(=O)N2CCCN2CCOCC2)cc1. The van der Waals surface area contributed by atoms with Crippen LogP contribution in [0.1, 0.15) is 29.2 Å². The third-order valence-corrected chi connectivity index (χ3v) is 6.03. The molecule has 0 aromatic heterocycles. The largest absolute Gasteiger partial charge is 0.507 e. The molecule has 0 unspecified atom stereocenters. The number of aliphatic hydroxyl groups is 1. The van der Waals surface area contributed by atoms with Crippen LogP contribution in [0.3, 0.4) is 0 Å². The topological polar surface area (TPSA) is 70.1 Å². The van der Waals surface area contributed by atoms with Crippen LogP contribution in [0, 0.1) is 12.7 Å². The van der Waals surface area contributed by atoms with Gasteiger partial charge < -0.3 is 14.7 Å². The Balaban J connectivity index is 1.66. The molecule has 2 aliphatic rings. The minimum atomic E-state index is -0.719. The van der Waals surface area contributed by atoms with Crippen LogP contribution in [0.2, 0.25) is 0 Å². The molecule has 0 saturated carbocycles.